The number of nitrogens with zero attached hydrogens (tertiary/aromatic N) is 1. The Morgan fingerprint density at radius 3 is 2.09 bits per heavy atom. The van der Waals surface area contributed by atoms with Gasteiger partial charge in [0, 0.05) is 17.2 Å². The molecule has 7 nitrogen and oxygen atoms in total. The van der Waals surface area contributed by atoms with E-state index in [0.717, 1.165) is 4.90 Å². The fourth-order valence-electron chi connectivity index (χ4n) is 5.46. The summed E-state index contributed by atoms with van der Waals surface area (Å²) in [6, 6.07) is 21.9. The van der Waals surface area contributed by atoms with Gasteiger partial charge in [0.05, 0.1) is 30.7 Å². The Bertz CT molecular complexity index is 1350. The van der Waals surface area contributed by atoms with Crippen molar-refractivity contribution in [3.05, 3.63) is 95.6 Å². The number of amides is 2. The quantitative estimate of drug-likeness (QED) is 0.446. The summed E-state index contributed by atoms with van der Waals surface area (Å²) < 4.78 is 11.5. The van der Waals surface area contributed by atoms with Gasteiger partial charge in [-0.1, -0.05) is 60.7 Å². The fourth-order valence-corrected chi connectivity index (χ4v) is 5.46. The van der Waals surface area contributed by atoms with Gasteiger partial charge in [-0.2, -0.15) is 0 Å². The molecule has 3 aliphatic rings. The summed E-state index contributed by atoms with van der Waals surface area (Å²) in [5.74, 6) is -4.11. The molecule has 34 heavy (non-hydrogen) atoms. The molecule has 2 fully saturated rings. The summed E-state index contributed by atoms with van der Waals surface area (Å²) in [5, 5.41) is 0. The normalized spacial score (nSPS) is 24.6. The second kappa shape index (κ2) is 7.20. The maximum Gasteiger partial charge on any atom is 0.241 e. The average Bonchev–Trinajstić information content (AvgIpc) is 3.44. The fraction of sp³-hybridized carbons (Fsp3) is 0.185. The van der Waals surface area contributed by atoms with E-state index < -0.39 is 46.9 Å². The molecular formula is C27H19NO6. The van der Waals surface area contributed by atoms with Gasteiger partial charge < -0.3 is 9.47 Å². The number of fused-ring (bicyclic) bond motifs is 3. The van der Waals surface area contributed by atoms with Gasteiger partial charge in [-0.05, 0) is 17.7 Å². The van der Waals surface area contributed by atoms with Gasteiger partial charge >= 0.3 is 0 Å². The summed E-state index contributed by atoms with van der Waals surface area (Å²) in [6.45, 7) is 0. The van der Waals surface area contributed by atoms with Crippen LogP contribution in [0, 0.1) is 11.8 Å². The molecule has 168 valence electrons. The van der Waals surface area contributed by atoms with Crippen molar-refractivity contribution < 1.29 is 28.7 Å². The zero-order valence-corrected chi connectivity index (χ0v) is 18.1. The molecule has 2 heterocycles. The number of carbonyl (C=O) groups excluding carboxylic acids is 4. The molecule has 1 aliphatic carbocycles. The Labute approximate surface area is 194 Å². The highest BCUT2D eigenvalue weighted by Gasteiger charge is 2.74. The summed E-state index contributed by atoms with van der Waals surface area (Å²) in [4.78, 5) is 56.1. The number of Topliss-reactive ketones (excluding diaryl/α,β-unsaturated/α-hetero) is 2. The van der Waals surface area contributed by atoms with Crippen molar-refractivity contribution >= 4 is 29.1 Å². The minimum Gasteiger partial charge on any atom is -0.497 e. The topological polar surface area (TPSA) is 90.0 Å². The van der Waals surface area contributed by atoms with Crippen molar-refractivity contribution in [2.24, 2.45) is 11.8 Å². The van der Waals surface area contributed by atoms with Gasteiger partial charge in [-0.15, -0.1) is 0 Å². The zero-order chi connectivity index (χ0) is 23.6. The van der Waals surface area contributed by atoms with E-state index in [-0.39, 0.29) is 11.1 Å². The first-order chi connectivity index (χ1) is 16.5. The Morgan fingerprint density at radius 1 is 0.794 bits per heavy atom. The van der Waals surface area contributed by atoms with Crippen LogP contribution in [0.25, 0.3) is 0 Å². The molecule has 7 heteroatoms. The maximum atomic E-state index is 13.9. The van der Waals surface area contributed by atoms with Crippen molar-refractivity contribution in [1.82, 2.24) is 0 Å². The first-order valence-corrected chi connectivity index (χ1v) is 10.9. The number of imide groups is 1. The van der Waals surface area contributed by atoms with Crippen LogP contribution in [0.15, 0.2) is 78.9 Å². The summed E-state index contributed by atoms with van der Waals surface area (Å²) >= 11 is 0. The number of anilines is 1. The Balaban J connectivity index is 1.54. The smallest absolute Gasteiger partial charge is 0.241 e. The molecule has 0 radical (unpaired) electrons. The minimum absolute atomic E-state index is 0.208. The van der Waals surface area contributed by atoms with Crippen molar-refractivity contribution in [3.63, 3.8) is 0 Å². The van der Waals surface area contributed by atoms with Crippen LogP contribution in [0.1, 0.15) is 32.4 Å². The van der Waals surface area contributed by atoms with Gasteiger partial charge in [0.2, 0.25) is 29.0 Å². The molecule has 6 rings (SSSR count). The van der Waals surface area contributed by atoms with Gasteiger partial charge in [-0.3, -0.25) is 19.2 Å². The predicted octanol–water partition coefficient (Wildman–Crippen LogP) is 3.39. The maximum absolute atomic E-state index is 13.9. The lowest BCUT2D eigenvalue weighted by atomic mass is 9.77. The molecular weight excluding hydrogens is 434 g/mol. The first kappa shape index (κ1) is 20.5. The highest BCUT2D eigenvalue weighted by Crippen LogP contribution is 2.57. The van der Waals surface area contributed by atoms with E-state index in [1.54, 1.807) is 72.8 Å². The van der Waals surface area contributed by atoms with Gasteiger partial charge in [-0.25, -0.2) is 4.90 Å². The predicted molar refractivity (Wildman–Crippen MR) is 121 cm³/mol. The second-order valence-corrected chi connectivity index (χ2v) is 8.61. The Morgan fingerprint density at radius 2 is 1.44 bits per heavy atom. The molecule has 2 aliphatic heterocycles. The molecule has 0 bridgehead atoms. The highest BCUT2D eigenvalue weighted by molar-refractivity contribution is 6.37. The Kier molecular flexibility index (Phi) is 4.34. The van der Waals surface area contributed by atoms with Crippen LogP contribution < -0.4 is 9.64 Å². The van der Waals surface area contributed by atoms with Crippen LogP contribution in [-0.4, -0.2) is 36.1 Å². The van der Waals surface area contributed by atoms with E-state index in [2.05, 4.69) is 0 Å². The number of hydrogen-bond acceptors (Lipinski definition) is 6. The van der Waals surface area contributed by atoms with E-state index in [1.165, 1.54) is 7.11 Å². The third kappa shape index (κ3) is 2.50. The molecule has 0 aromatic heterocycles. The van der Waals surface area contributed by atoms with E-state index >= 15 is 0 Å². The summed E-state index contributed by atoms with van der Waals surface area (Å²) in [5.41, 5.74) is -0.712. The largest absolute Gasteiger partial charge is 0.497 e. The number of benzene rings is 3. The number of rotatable bonds is 3. The SMILES string of the molecule is COc1cccc(N2C(=O)C3C(c4ccccc4)OC4(C(=O)c5ccccc5C4=O)C3C2=O)c1. The molecule has 3 atom stereocenters. The second-order valence-electron chi connectivity index (χ2n) is 8.61. The van der Waals surface area contributed by atoms with Crippen LogP contribution in [0.2, 0.25) is 0 Å². The number of ether oxygens (including phenoxy) is 2. The van der Waals surface area contributed by atoms with Crippen LogP contribution in [0.5, 0.6) is 5.75 Å². The third-order valence-electron chi connectivity index (χ3n) is 6.96. The molecule has 2 amide bonds. The van der Waals surface area contributed by atoms with Crippen molar-refractivity contribution in [1.29, 1.82) is 0 Å². The van der Waals surface area contributed by atoms with E-state index in [4.69, 9.17) is 9.47 Å². The molecule has 1 spiro atoms. The van der Waals surface area contributed by atoms with Crippen LogP contribution in [0.3, 0.4) is 0 Å². The third-order valence-corrected chi connectivity index (χ3v) is 6.96. The van der Waals surface area contributed by atoms with Crippen LogP contribution >= 0.6 is 0 Å². The lowest BCUT2D eigenvalue weighted by Gasteiger charge is -2.27. The van der Waals surface area contributed by atoms with Crippen molar-refractivity contribution in [2.75, 3.05) is 12.0 Å². The van der Waals surface area contributed by atoms with Crippen molar-refractivity contribution in [3.8, 4) is 5.75 Å². The lowest BCUT2D eigenvalue weighted by Crippen LogP contribution is -2.51. The van der Waals surface area contributed by atoms with Crippen molar-refractivity contribution in [2.45, 2.75) is 11.7 Å². The molecule has 0 N–H and O–H groups in total. The first-order valence-electron chi connectivity index (χ1n) is 10.9. The van der Waals surface area contributed by atoms with Crippen LogP contribution in [-0.2, 0) is 14.3 Å². The van der Waals surface area contributed by atoms with E-state index in [1.807, 2.05) is 6.07 Å². The molecule has 3 unspecified atom stereocenters. The van der Waals surface area contributed by atoms with Gasteiger partial charge in [0.25, 0.3) is 0 Å². The number of carbonyl (C=O) groups is 4. The lowest BCUT2D eigenvalue weighted by molar-refractivity contribution is -0.127. The Hall–Kier alpha value is -4.10. The minimum atomic E-state index is -2.07. The van der Waals surface area contributed by atoms with Crippen LogP contribution in [0.4, 0.5) is 5.69 Å². The number of ketones is 2. The average molecular weight is 453 g/mol. The zero-order valence-electron chi connectivity index (χ0n) is 18.1. The summed E-state index contributed by atoms with van der Waals surface area (Å²) in [7, 11) is 1.49. The van der Waals surface area contributed by atoms with E-state index in [9.17, 15) is 19.2 Å². The molecule has 3 aromatic rings. The monoisotopic (exact) mass is 453 g/mol. The standard InChI is InChI=1S/C27H19NO6/c1-33-17-11-7-10-16(14-17)28-25(31)20-21(26(28)32)27(34-22(20)15-8-3-2-4-9-15)23(29)18-12-5-6-13-19(18)24(27)30/h2-14,20-22H,1H3. The highest BCUT2D eigenvalue weighted by atomic mass is 16.5. The number of hydrogen-bond donors (Lipinski definition) is 0. The molecule has 2 saturated heterocycles. The number of methoxy groups -OCH3 is 1. The van der Waals surface area contributed by atoms with Gasteiger partial charge in [0.1, 0.15) is 5.75 Å². The van der Waals surface area contributed by atoms with Gasteiger partial charge in [0.15, 0.2) is 0 Å². The van der Waals surface area contributed by atoms with E-state index in [0.29, 0.717) is 17.0 Å². The molecule has 3 aromatic carbocycles. The summed E-state index contributed by atoms with van der Waals surface area (Å²) in [6.07, 6.45) is -0.930. The molecule has 0 saturated carbocycles.